The Hall–Kier alpha value is -1.64. The molecule has 0 fully saturated rings. The standard InChI is InChI=1S/C15H19N3OS/c1-2-8-17-10-14(19)18-15-12(9-16)11-6-4-3-5-7-13(11)20-15/h2,17H,1,3-8,10H2,(H,18,19). The smallest absolute Gasteiger partial charge is 0.238 e. The van der Waals surface area contributed by atoms with Gasteiger partial charge in [-0.25, -0.2) is 0 Å². The first-order chi connectivity index (χ1) is 9.76. The van der Waals surface area contributed by atoms with Crippen LogP contribution in [0.4, 0.5) is 5.00 Å². The monoisotopic (exact) mass is 289 g/mol. The highest BCUT2D eigenvalue weighted by Crippen LogP contribution is 2.36. The van der Waals surface area contributed by atoms with Gasteiger partial charge in [0.25, 0.3) is 0 Å². The van der Waals surface area contributed by atoms with E-state index in [1.54, 1.807) is 17.4 Å². The van der Waals surface area contributed by atoms with Gasteiger partial charge < -0.3 is 10.6 Å². The van der Waals surface area contributed by atoms with Crippen molar-refractivity contribution < 1.29 is 4.79 Å². The van der Waals surface area contributed by atoms with Crippen LogP contribution in [0.3, 0.4) is 0 Å². The number of anilines is 1. The summed E-state index contributed by atoms with van der Waals surface area (Å²) in [6.45, 7) is 4.42. The van der Waals surface area contributed by atoms with Gasteiger partial charge in [-0.05, 0) is 31.2 Å². The van der Waals surface area contributed by atoms with E-state index >= 15 is 0 Å². The fourth-order valence-corrected chi connectivity index (χ4v) is 3.66. The molecule has 20 heavy (non-hydrogen) atoms. The molecular weight excluding hydrogens is 270 g/mol. The lowest BCUT2D eigenvalue weighted by molar-refractivity contribution is -0.115. The summed E-state index contributed by atoms with van der Waals surface area (Å²) in [5, 5.41) is 15.9. The number of nitriles is 1. The molecule has 1 aromatic rings. The third kappa shape index (κ3) is 3.47. The molecule has 106 valence electrons. The number of carbonyl (C=O) groups is 1. The predicted octanol–water partition coefficient (Wildman–Crippen LogP) is 2.60. The van der Waals surface area contributed by atoms with Crippen LogP contribution in [0, 0.1) is 11.3 Å². The fourth-order valence-electron chi connectivity index (χ4n) is 2.41. The average Bonchev–Trinajstić information content (AvgIpc) is 2.60. The normalized spacial score (nSPS) is 13.9. The van der Waals surface area contributed by atoms with Crippen LogP contribution < -0.4 is 10.6 Å². The van der Waals surface area contributed by atoms with E-state index in [1.807, 2.05) is 0 Å². The van der Waals surface area contributed by atoms with Crippen LogP contribution in [0.25, 0.3) is 0 Å². The van der Waals surface area contributed by atoms with Gasteiger partial charge in [0.05, 0.1) is 12.1 Å². The second kappa shape index (κ2) is 7.22. The summed E-state index contributed by atoms with van der Waals surface area (Å²) < 4.78 is 0. The van der Waals surface area contributed by atoms with E-state index in [0.29, 0.717) is 17.1 Å². The maximum absolute atomic E-state index is 11.8. The van der Waals surface area contributed by atoms with Crippen LogP contribution in [0.15, 0.2) is 12.7 Å². The molecule has 0 atom stereocenters. The van der Waals surface area contributed by atoms with E-state index < -0.39 is 0 Å². The molecule has 0 aliphatic heterocycles. The fraction of sp³-hybridized carbons (Fsp3) is 0.467. The van der Waals surface area contributed by atoms with E-state index in [-0.39, 0.29) is 12.5 Å². The Morgan fingerprint density at radius 3 is 2.95 bits per heavy atom. The lowest BCUT2D eigenvalue weighted by atomic mass is 10.1. The zero-order valence-electron chi connectivity index (χ0n) is 11.5. The van der Waals surface area contributed by atoms with Gasteiger partial charge in [-0.15, -0.1) is 17.9 Å². The molecule has 1 aliphatic rings. The number of amides is 1. The van der Waals surface area contributed by atoms with Crippen LogP contribution in [0.2, 0.25) is 0 Å². The van der Waals surface area contributed by atoms with Crippen molar-refractivity contribution in [2.24, 2.45) is 0 Å². The molecule has 5 heteroatoms. The van der Waals surface area contributed by atoms with E-state index in [1.165, 1.54) is 17.7 Å². The van der Waals surface area contributed by atoms with Crippen molar-refractivity contribution in [1.82, 2.24) is 5.32 Å². The third-order valence-electron chi connectivity index (χ3n) is 3.36. The minimum Gasteiger partial charge on any atom is -0.315 e. The number of rotatable bonds is 5. The zero-order chi connectivity index (χ0) is 14.4. The lowest BCUT2D eigenvalue weighted by Gasteiger charge is -2.04. The summed E-state index contributed by atoms with van der Waals surface area (Å²) >= 11 is 1.57. The Morgan fingerprint density at radius 1 is 1.40 bits per heavy atom. The van der Waals surface area contributed by atoms with Crippen molar-refractivity contribution in [2.45, 2.75) is 32.1 Å². The van der Waals surface area contributed by atoms with E-state index in [4.69, 9.17) is 0 Å². The molecule has 2 N–H and O–H groups in total. The lowest BCUT2D eigenvalue weighted by Crippen LogP contribution is -2.28. The van der Waals surface area contributed by atoms with E-state index in [2.05, 4.69) is 23.3 Å². The van der Waals surface area contributed by atoms with Gasteiger partial charge in [0.1, 0.15) is 11.1 Å². The number of nitrogens with one attached hydrogen (secondary N) is 2. The topological polar surface area (TPSA) is 64.9 Å². The van der Waals surface area contributed by atoms with Crippen LogP contribution in [0.1, 0.15) is 35.3 Å². The number of hydrogen-bond donors (Lipinski definition) is 2. The van der Waals surface area contributed by atoms with E-state index in [9.17, 15) is 10.1 Å². The molecule has 1 aliphatic carbocycles. The van der Waals surface area contributed by atoms with Crippen molar-refractivity contribution in [2.75, 3.05) is 18.4 Å². The number of fused-ring (bicyclic) bond motifs is 1. The van der Waals surface area contributed by atoms with E-state index in [0.717, 1.165) is 24.8 Å². The first-order valence-corrected chi connectivity index (χ1v) is 7.74. The molecule has 0 bridgehead atoms. The summed E-state index contributed by atoms with van der Waals surface area (Å²) in [4.78, 5) is 13.1. The summed E-state index contributed by atoms with van der Waals surface area (Å²) in [5.74, 6) is -0.111. The summed E-state index contributed by atoms with van der Waals surface area (Å²) in [7, 11) is 0. The molecular formula is C15H19N3OS. The summed E-state index contributed by atoms with van der Waals surface area (Å²) in [6.07, 6.45) is 7.22. The first kappa shape index (κ1) is 14.8. The molecule has 1 heterocycles. The Balaban J connectivity index is 2.10. The molecule has 4 nitrogen and oxygen atoms in total. The Kier molecular flexibility index (Phi) is 5.33. The minimum atomic E-state index is -0.111. The highest BCUT2D eigenvalue weighted by molar-refractivity contribution is 7.16. The van der Waals surface area contributed by atoms with Crippen molar-refractivity contribution in [1.29, 1.82) is 5.26 Å². The molecule has 0 spiro atoms. The molecule has 0 saturated heterocycles. The van der Waals surface area contributed by atoms with Gasteiger partial charge >= 0.3 is 0 Å². The summed E-state index contributed by atoms with van der Waals surface area (Å²) in [6, 6.07) is 2.26. The van der Waals surface area contributed by atoms with Gasteiger partial charge in [-0.2, -0.15) is 5.26 Å². The molecule has 0 aromatic carbocycles. The van der Waals surface area contributed by atoms with Crippen LogP contribution in [-0.2, 0) is 17.6 Å². The van der Waals surface area contributed by atoms with Gasteiger partial charge in [-0.1, -0.05) is 12.5 Å². The molecule has 0 radical (unpaired) electrons. The average molecular weight is 289 g/mol. The number of thiophene rings is 1. The molecule has 1 amide bonds. The quantitative estimate of drug-likeness (QED) is 0.497. The molecule has 2 rings (SSSR count). The molecule has 0 saturated carbocycles. The highest BCUT2D eigenvalue weighted by Gasteiger charge is 2.20. The number of nitrogens with zero attached hydrogens (tertiary/aromatic N) is 1. The Morgan fingerprint density at radius 2 is 2.20 bits per heavy atom. The Bertz CT molecular complexity index is 542. The minimum absolute atomic E-state index is 0.111. The third-order valence-corrected chi connectivity index (χ3v) is 4.57. The second-order valence-electron chi connectivity index (χ2n) is 4.85. The second-order valence-corrected chi connectivity index (χ2v) is 5.95. The maximum atomic E-state index is 11.8. The van der Waals surface area contributed by atoms with Gasteiger partial charge in [0, 0.05) is 11.4 Å². The Labute approximate surface area is 123 Å². The summed E-state index contributed by atoms with van der Waals surface area (Å²) in [5.41, 5.74) is 1.83. The number of aryl methyl sites for hydroxylation is 1. The van der Waals surface area contributed by atoms with Gasteiger partial charge in [0.15, 0.2) is 0 Å². The molecule has 0 unspecified atom stereocenters. The van der Waals surface area contributed by atoms with Crippen LogP contribution in [-0.4, -0.2) is 19.0 Å². The van der Waals surface area contributed by atoms with Crippen molar-refractivity contribution in [3.63, 3.8) is 0 Å². The maximum Gasteiger partial charge on any atom is 0.238 e. The SMILES string of the molecule is C=CCNCC(=O)Nc1sc2c(c1C#N)CCCCC2. The largest absolute Gasteiger partial charge is 0.315 e. The predicted molar refractivity (Wildman–Crippen MR) is 82.0 cm³/mol. The van der Waals surface area contributed by atoms with Crippen LogP contribution in [0.5, 0.6) is 0 Å². The van der Waals surface area contributed by atoms with Crippen molar-refractivity contribution in [3.8, 4) is 6.07 Å². The first-order valence-electron chi connectivity index (χ1n) is 6.92. The number of carbonyl (C=O) groups excluding carboxylic acids is 1. The van der Waals surface area contributed by atoms with Crippen molar-refractivity contribution in [3.05, 3.63) is 28.7 Å². The van der Waals surface area contributed by atoms with Crippen molar-refractivity contribution >= 4 is 22.2 Å². The zero-order valence-corrected chi connectivity index (χ0v) is 12.3. The number of hydrogen-bond acceptors (Lipinski definition) is 4. The van der Waals surface area contributed by atoms with Crippen LogP contribution >= 0.6 is 11.3 Å². The van der Waals surface area contributed by atoms with Gasteiger partial charge in [-0.3, -0.25) is 4.79 Å². The van der Waals surface area contributed by atoms with Gasteiger partial charge in [0.2, 0.25) is 5.91 Å². The highest BCUT2D eigenvalue weighted by atomic mass is 32.1. The molecule has 1 aromatic heterocycles.